The molecule has 3 aromatic rings. The van der Waals surface area contributed by atoms with Crippen LogP contribution in [0.5, 0.6) is 0 Å². The maximum Gasteiger partial charge on any atom is 0.233 e. The highest BCUT2D eigenvalue weighted by Crippen LogP contribution is 2.32. The van der Waals surface area contributed by atoms with Crippen LogP contribution in [-0.2, 0) is 43.7 Å². The molecule has 0 unspecified atom stereocenters. The number of rotatable bonds is 8. The molecule has 2 aromatic heterocycles. The predicted octanol–water partition coefficient (Wildman–Crippen LogP) is 3.39. The summed E-state index contributed by atoms with van der Waals surface area (Å²) in [6.45, 7) is 7.62. The third-order valence-corrected chi connectivity index (χ3v) is 9.20. The minimum absolute atomic E-state index is 0.0466. The number of fused-ring (bicyclic) bond motifs is 1. The van der Waals surface area contributed by atoms with Crippen LogP contribution in [0, 0.1) is 5.41 Å². The summed E-state index contributed by atoms with van der Waals surface area (Å²) in [6, 6.07) is 6.07. The van der Waals surface area contributed by atoms with E-state index in [0.29, 0.717) is 50.2 Å². The normalized spacial score (nSPS) is 17.7. The Labute approximate surface area is 262 Å². The number of aromatic nitrogens is 4. The van der Waals surface area contributed by atoms with Crippen molar-refractivity contribution in [3.05, 3.63) is 58.6 Å². The van der Waals surface area contributed by atoms with E-state index in [1.54, 1.807) is 0 Å². The van der Waals surface area contributed by atoms with E-state index in [4.69, 9.17) is 21.1 Å². The van der Waals surface area contributed by atoms with Gasteiger partial charge in [0.15, 0.2) is 17.4 Å². The van der Waals surface area contributed by atoms with Crippen molar-refractivity contribution in [3.63, 3.8) is 0 Å². The number of ether oxygens (including phenoxy) is 2. The average molecular weight is 645 g/mol. The van der Waals surface area contributed by atoms with Crippen LogP contribution in [0.1, 0.15) is 37.6 Å². The molecule has 0 saturated carbocycles. The van der Waals surface area contributed by atoms with E-state index in [2.05, 4.69) is 42.7 Å². The highest BCUT2D eigenvalue weighted by atomic mass is 35.5. The lowest BCUT2D eigenvalue weighted by Crippen LogP contribution is -2.54. The summed E-state index contributed by atoms with van der Waals surface area (Å²) in [5.41, 5.74) is 2.82. The lowest BCUT2D eigenvalue weighted by Gasteiger charge is -2.42. The molecule has 0 radical (unpaired) electrons. The Morgan fingerprint density at radius 2 is 1.75 bits per heavy atom. The minimum atomic E-state index is -3.53. The van der Waals surface area contributed by atoms with Crippen LogP contribution < -0.4 is 14.9 Å². The van der Waals surface area contributed by atoms with Crippen LogP contribution in [0.25, 0.3) is 0 Å². The highest BCUT2D eigenvalue weighted by Gasteiger charge is 2.44. The molecule has 0 aliphatic carbocycles. The van der Waals surface area contributed by atoms with Crippen molar-refractivity contribution in [1.82, 2.24) is 24.8 Å². The Bertz CT molecular complexity index is 1640. The van der Waals surface area contributed by atoms with E-state index in [1.807, 2.05) is 31.7 Å². The predicted molar refractivity (Wildman–Crippen MR) is 167 cm³/mol. The number of carbonyl (C=O) groups excluding carboxylic acids is 1. The number of nitrogens with zero attached hydrogens (tertiary/aromatic N) is 6. The standard InChI is InChI=1S/C29H37ClN8O5S/c1-28(2)42-17-29(3,18-43-28)26(39)38-12-8-19-6-7-21(14-20(19)9-13-38)35-27-34-15-22(30)24(36-27)33-16-23-25(32-11-10-31-23)37(4)44(5,40)41/h6-7,10-11,14-15H,8-9,12-13,16-18H2,1-5H3,(H2,33,34,35,36). The fourth-order valence-electron chi connectivity index (χ4n) is 5.01. The first-order valence-electron chi connectivity index (χ1n) is 14.2. The number of benzene rings is 1. The summed E-state index contributed by atoms with van der Waals surface area (Å²) in [5.74, 6) is 0.238. The molecule has 1 fully saturated rings. The monoisotopic (exact) mass is 644 g/mol. The SMILES string of the molecule is CN(c1nccnc1CNc1nc(Nc2ccc3c(c2)CCN(C(=O)C2(C)COC(C)(C)OC2)CC3)ncc1Cl)S(C)(=O)=O. The maximum absolute atomic E-state index is 13.5. The largest absolute Gasteiger partial charge is 0.363 e. The van der Waals surface area contributed by atoms with Gasteiger partial charge in [0.2, 0.25) is 21.9 Å². The Hall–Kier alpha value is -3.59. The van der Waals surface area contributed by atoms with Gasteiger partial charge in [0.05, 0.1) is 37.6 Å². The maximum atomic E-state index is 13.5. The van der Waals surface area contributed by atoms with E-state index in [1.165, 1.54) is 31.2 Å². The number of sulfonamides is 1. The molecule has 1 saturated heterocycles. The average Bonchev–Trinajstić information content (AvgIpc) is 3.20. The molecule has 1 amide bonds. The number of nitrogens with one attached hydrogen (secondary N) is 2. The van der Waals surface area contributed by atoms with E-state index in [9.17, 15) is 13.2 Å². The van der Waals surface area contributed by atoms with E-state index in [-0.39, 0.29) is 23.3 Å². The Kier molecular flexibility index (Phi) is 8.99. The van der Waals surface area contributed by atoms with Gasteiger partial charge >= 0.3 is 0 Å². The molecule has 15 heteroatoms. The van der Waals surface area contributed by atoms with Gasteiger partial charge < -0.3 is 25.0 Å². The zero-order valence-electron chi connectivity index (χ0n) is 25.4. The molecule has 2 aliphatic rings. The number of hydrogen-bond acceptors (Lipinski definition) is 11. The molecule has 0 spiro atoms. The molecule has 13 nitrogen and oxygen atoms in total. The molecular formula is C29H37ClN8O5S. The molecule has 0 atom stereocenters. The number of amides is 1. The molecule has 2 aliphatic heterocycles. The molecule has 5 rings (SSSR count). The van der Waals surface area contributed by atoms with Crippen LogP contribution in [0.4, 0.5) is 23.3 Å². The van der Waals surface area contributed by atoms with Gasteiger partial charge in [-0.05, 0) is 56.9 Å². The fourth-order valence-corrected chi connectivity index (χ4v) is 5.64. The van der Waals surface area contributed by atoms with Gasteiger partial charge in [-0.2, -0.15) is 4.98 Å². The third kappa shape index (κ3) is 7.20. The van der Waals surface area contributed by atoms with Gasteiger partial charge in [0.1, 0.15) is 10.7 Å². The van der Waals surface area contributed by atoms with E-state index in [0.717, 1.165) is 28.2 Å². The summed E-state index contributed by atoms with van der Waals surface area (Å²) in [6.07, 6.45) is 6.94. The van der Waals surface area contributed by atoms with E-state index >= 15 is 0 Å². The first-order chi connectivity index (χ1) is 20.7. The summed E-state index contributed by atoms with van der Waals surface area (Å²) in [4.78, 5) is 32.7. The van der Waals surface area contributed by atoms with Crippen molar-refractivity contribution in [1.29, 1.82) is 0 Å². The van der Waals surface area contributed by atoms with Crippen molar-refractivity contribution < 1.29 is 22.7 Å². The molecule has 1 aromatic carbocycles. The molecule has 2 N–H and O–H groups in total. The van der Waals surface area contributed by atoms with Gasteiger partial charge in [-0.25, -0.2) is 18.4 Å². The number of anilines is 4. The van der Waals surface area contributed by atoms with Crippen LogP contribution >= 0.6 is 11.6 Å². The first kappa shape index (κ1) is 31.8. The molecular weight excluding hydrogens is 608 g/mol. The lowest BCUT2D eigenvalue weighted by atomic mass is 9.89. The summed E-state index contributed by atoms with van der Waals surface area (Å²) in [5, 5.41) is 6.63. The van der Waals surface area contributed by atoms with Crippen molar-refractivity contribution in [3.8, 4) is 0 Å². The minimum Gasteiger partial charge on any atom is -0.363 e. The fraction of sp³-hybridized carbons (Fsp3) is 0.483. The first-order valence-corrected chi connectivity index (χ1v) is 16.4. The quantitative estimate of drug-likeness (QED) is 0.371. The van der Waals surface area contributed by atoms with Crippen LogP contribution in [0.3, 0.4) is 0 Å². The van der Waals surface area contributed by atoms with Crippen LogP contribution in [0.2, 0.25) is 5.02 Å². The number of carbonyl (C=O) groups is 1. The number of hydrogen-bond donors (Lipinski definition) is 2. The van der Waals surface area contributed by atoms with Gasteiger partial charge in [-0.1, -0.05) is 17.7 Å². The van der Waals surface area contributed by atoms with Gasteiger partial charge in [0, 0.05) is 38.2 Å². The Balaban J connectivity index is 1.24. The smallest absolute Gasteiger partial charge is 0.233 e. The van der Waals surface area contributed by atoms with Gasteiger partial charge in [0.25, 0.3) is 0 Å². The van der Waals surface area contributed by atoms with Crippen molar-refractivity contribution in [2.45, 2.75) is 45.9 Å². The number of halogens is 1. The summed E-state index contributed by atoms with van der Waals surface area (Å²) >= 11 is 6.37. The summed E-state index contributed by atoms with van der Waals surface area (Å²) in [7, 11) is -2.11. The van der Waals surface area contributed by atoms with Crippen LogP contribution in [-0.4, -0.2) is 84.6 Å². The van der Waals surface area contributed by atoms with Crippen LogP contribution in [0.15, 0.2) is 36.8 Å². The van der Waals surface area contributed by atoms with Crippen molar-refractivity contribution >= 4 is 50.8 Å². The van der Waals surface area contributed by atoms with E-state index < -0.39 is 21.2 Å². The third-order valence-electron chi connectivity index (χ3n) is 7.76. The molecule has 44 heavy (non-hydrogen) atoms. The van der Waals surface area contributed by atoms with Crippen molar-refractivity contribution in [2.24, 2.45) is 5.41 Å². The second-order valence-corrected chi connectivity index (χ2v) is 14.2. The molecule has 4 heterocycles. The van der Waals surface area contributed by atoms with Gasteiger partial charge in [-0.3, -0.25) is 14.1 Å². The molecule has 0 bridgehead atoms. The highest BCUT2D eigenvalue weighted by molar-refractivity contribution is 7.92. The zero-order chi connectivity index (χ0) is 31.7. The topological polar surface area (TPSA) is 152 Å². The van der Waals surface area contributed by atoms with Crippen molar-refractivity contribution in [2.75, 3.05) is 54.5 Å². The Morgan fingerprint density at radius 3 is 2.45 bits per heavy atom. The molecule has 236 valence electrons. The Morgan fingerprint density at radius 1 is 1.07 bits per heavy atom. The second kappa shape index (κ2) is 12.4. The lowest BCUT2D eigenvalue weighted by molar-refractivity contribution is -0.279. The second-order valence-electron chi connectivity index (χ2n) is 11.7. The summed E-state index contributed by atoms with van der Waals surface area (Å²) < 4.78 is 36.8. The van der Waals surface area contributed by atoms with Gasteiger partial charge in [-0.15, -0.1) is 0 Å². The zero-order valence-corrected chi connectivity index (χ0v) is 27.0.